The smallest absolute Gasteiger partial charge is 0.294 e. The third kappa shape index (κ3) is 3.54. The summed E-state index contributed by atoms with van der Waals surface area (Å²) in [6.45, 7) is 1.72. The molecule has 2 N–H and O–H groups in total. The average molecular weight is 470 g/mol. The van der Waals surface area contributed by atoms with Gasteiger partial charge in [-0.15, -0.1) is 11.3 Å². The first kappa shape index (κ1) is 21.5. The number of benzene rings is 2. The molecule has 1 atom stereocenters. The minimum atomic E-state index is -1.02. The van der Waals surface area contributed by atoms with Crippen molar-refractivity contribution in [1.29, 1.82) is 0 Å². The van der Waals surface area contributed by atoms with E-state index in [0.29, 0.717) is 21.3 Å². The normalized spacial score (nSPS) is 15.7. The fraction of sp³-hybridized carbons (Fsp3) is 0.0769. The lowest BCUT2D eigenvalue weighted by Crippen LogP contribution is -2.31. The Balaban J connectivity index is 1.64. The summed E-state index contributed by atoms with van der Waals surface area (Å²) in [7, 11) is 0. The molecule has 7 nitrogen and oxygen atoms in total. The van der Waals surface area contributed by atoms with E-state index in [1.54, 1.807) is 49.5 Å². The Morgan fingerprint density at radius 1 is 0.971 bits per heavy atom. The molecule has 1 aliphatic rings. The van der Waals surface area contributed by atoms with E-state index < -0.39 is 23.5 Å². The second-order valence-electron chi connectivity index (χ2n) is 7.71. The maximum absolute atomic E-state index is 13.8. The molecule has 4 aromatic rings. The number of carbonyl (C=O) groups is 2. The molecule has 168 valence electrons. The van der Waals surface area contributed by atoms with Crippen molar-refractivity contribution in [2.45, 2.75) is 13.0 Å². The molecule has 34 heavy (non-hydrogen) atoms. The van der Waals surface area contributed by atoms with Gasteiger partial charge in [-0.1, -0.05) is 48.5 Å². The van der Waals surface area contributed by atoms with E-state index in [1.807, 2.05) is 30.3 Å². The molecule has 1 unspecified atom stereocenters. The van der Waals surface area contributed by atoms with Gasteiger partial charge in [0, 0.05) is 11.8 Å². The molecular weight excluding hydrogens is 450 g/mol. The van der Waals surface area contributed by atoms with Gasteiger partial charge < -0.3 is 10.2 Å². The number of rotatable bonds is 5. The molecule has 0 saturated heterocycles. The molecule has 2 aromatic heterocycles. The third-order valence-corrected chi connectivity index (χ3v) is 6.79. The zero-order valence-electron chi connectivity index (χ0n) is 18.0. The number of pyridine rings is 1. The minimum absolute atomic E-state index is 0.0988. The Bertz CT molecular complexity index is 1430. The number of aliphatic hydroxyl groups excluding tert-OH is 1. The van der Waals surface area contributed by atoms with Crippen LogP contribution in [0.1, 0.15) is 27.1 Å². The van der Waals surface area contributed by atoms with E-state index in [1.165, 1.54) is 22.3 Å². The van der Waals surface area contributed by atoms with Crippen molar-refractivity contribution in [2.75, 3.05) is 4.90 Å². The first-order valence-corrected chi connectivity index (χ1v) is 11.3. The highest BCUT2D eigenvalue weighted by molar-refractivity contribution is 7.17. The van der Waals surface area contributed by atoms with Crippen LogP contribution in [0, 0.1) is 6.92 Å². The number of aromatic nitrogens is 2. The van der Waals surface area contributed by atoms with Gasteiger partial charge in [-0.25, -0.2) is 4.98 Å². The largest absolute Gasteiger partial charge is 0.506 e. The van der Waals surface area contributed by atoms with E-state index >= 15 is 0 Å². The van der Waals surface area contributed by atoms with Crippen molar-refractivity contribution in [1.82, 2.24) is 9.97 Å². The summed E-state index contributed by atoms with van der Waals surface area (Å²) in [5.74, 6) is -2.11. The van der Waals surface area contributed by atoms with E-state index in [4.69, 9.17) is 0 Å². The second-order valence-corrected chi connectivity index (χ2v) is 8.71. The van der Waals surface area contributed by atoms with E-state index in [-0.39, 0.29) is 17.0 Å². The number of hydrogen-bond donors (Lipinski definition) is 2. The van der Waals surface area contributed by atoms with Gasteiger partial charge >= 0.3 is 0 Å². The number of amides is 1. The van der Waals surface area contributed by atoms with Crippen LogP contribution in [0.5, 0.6) is 5.75 Å². The molecule has 5 rings (SSSR count). The minimum Gasteiger partial charge on any atom is -0.506 e. The van der Waals surface area contributed by atoms with E-state index in [0.717, 1.165) is 5.56 Å². The summed E-state index contributed by atoms with van der Waals surface area (Å²) in [6, 6.07) is 19.9. The number of aliphatic hydroxyl groups is 1. The number of thiazole rings is 1. The van der Waals surface area contributed by atoms with Crippen LogP contribution in [0.3, 0.4) is 0 Å². The van der Waals surface area contributed by atoms with Crippen molar-refractivity contribution in [3.8, 4) is 16.3 Å². The number of Topliss-reactive ketones (excluding diaryl/α,β-unsaturated/α-hetero) is 1. The molecule has 0 radical (unpaired) electrons. The Morgan fingerprint density at radius 3 is 2.38 bits per heavy atom. The quantitative estimate of drug-likeness (QED) is 0.399. The SMILES string of the molecule is Cc1nc(-c2ccccc2)sc1C(=O)C1=C(O)C(=O)N(c2ccccc2O)C1c1ccccn1. The number of carbonyl (C=O) groups excluding carboxylic acids is 2. The van der Waals surface area contributed by atoms with Crippen LogP contribution in [0.15, 0.2) is 90.3 Å². The summed E-state index contributed by atoms with van der Waals surface area (Å²) < 4.78 is 0. The van der Waals surface area contributed by atoms with Crippen LogP contribution in [-0.4, -0.2) is 31.9 Å². The van der Waals surface area contributed by atoms with Gasteiger partial charge in [-0.05, 0) is 31.2 Å². The lowest BCUT2D eigenvalue weighted by Gasteiger charge is -2.26. The number of aromatic hydroxyl groups is 1. The number of phenols is 1. The van der Waals surface area contributed by atoms with Crippen LogP contribution in [0.2, 0.25) is 0 Å². The van der Waals surface area contributed by atoms with Crippen LogP contribution in [0.25, 0.3) is 10.6 Å². The van der Waals surface area contributed by atoms with E-state index in [9.17, 15) is 19.8 Å². The molecular formula is C26H19N3O4S. The van der Waals surface area contributed by atoms with Crippen LogP contribution in [0.4, 0.5) is 5.69 Å². The number of hydrogen-bond acceptors (Lipinski definition) is 7. The molecule has 8 heteroatoms. The van der Waals surface area contributed by atoms with Crippen LogP contribution < -0.4 is 4.90 Å². The highest BCUT2D eigenvalue weighted by Gasteiger charge is 2.46. The van der Waals surface area contributed by atoms with Gasteiger partial charge in [0.2, 0.25) is 5.78 Å². The molecule has 0 spiro atoms. The first-order valence-electron chi connectivity index (χ1n) is 10.5. The standard InChI is InChI=1S/C26H19N3O4S/c1-15-24(34-25(28-15)16-9-3-2-4-10-16)22(31)20-21(17-11-7-8-14-27-17)29(26(33)23(20)32)18-12-5-6-13-19(18)30/h2-14,21,30,32H,1H3. The number of ketones is 1. The molecule has 3 heterocycles. The highest BCUT2D eigenvalue weighted by atomic mass is 32.1. The van der Waals surface area contributed by atoms with Gasteiger partial charge in [-0.2, -0.15) is 0 Å². The average Bonchev–Trinajstić information content (AvgIpc) is 3.38. The van der Waals surface area contributed by atoms with Gasteiger partial charge in [0.05, 0.1) is 27.5 Å². The molecule has 1 amide bonds. The number of nitrogens with zero attached hydrogens (tertiary/aromatic N) is 3. The summed E-state index contributed by atoms with van der Waals surface area (Å²) in [4.78, 5) is 37.4. The molecule has 0 saturated carbocycles. The monoisotopic (exact) mass is 469 g/mol. The number of anilines is 1. The van der Waals surface area contributed by atoms with Gasteiger partial charge in [0.15, 0.2) is 5.76 Å². The molecule has 0 bridgehead atoms. The lowest BCUT2D eigenvalue weighted by atomic mass is 9.98. The van der Waals surface area contributed by atoms with Crippen LogP contribution in [-0.2, 0) is 4.79 Å². The predicted octanol–water partition coefficient (Wildman–Crippen LogP) is 5.00. The molecule has 0 fully saturated rings. The van der Waals surface area contributed by atoms with Crippen molar-refractivity contribution in [3.05, 3.63) is 107 Å². The van der Waals surface area contributed by atoms with Crippen molar-refractivity contribution >= 4 is 28.7 Å². The summed E-state index contributed by atoms with van der Waals surface area (Å²) in [5.41, 5.74) is 1.83. The Morgan fingerprint density at radius 2 is 1.68 bits per heavy atom. The fourth-order valence-electron chi connectivity index (χ4n) is 4.00. The van der Waals surface area contributed by atoms with Crippen molar-refractivity contribution < 1.29 is 19.8 Å². The number of para-hydroxylation sites is 2. The first-order chi connectivity index (χ1) is 16.5. The summed E-state index contributed by atoms with van der Waals surface area (Å²) >= 11 is 1.20. The summed E-state index contributed by atoms with van der Waals surface area (Å²) in [6.07, 6.45) is 1.55. The number of phenolic OH excluding ortho intramolecular Hbond substituents is 1. The zero-order chi connectivity index (χ0) is 23.8. The zero-order valence-corrected chi connectivity index (χ0v) is 18.9. The fourth-order valence-corrected chi connectivity index (χ4v) is 5.03. The van der Waals surface area contributed by atoms with Crippen LogP contribution >= 0.6 is 11.3 Å². The Hall–Kier alpha value is -4.30. The van der Waals surface area contributed by atoms with Gasteiger partial charge in [0.25, 0.3) is 5.91 Å². The highest BCUT2D eigenvalue weighted by Crippen LogP contribution is 2.44. The Labute approximate surface area is 199 Å². The maximum Gasteiger partial charge on any atom is 0.294 e. The topological polar surface area (TPSA) is 104 Å². The van der Waals surface area contributed by atoms with Crippen molar-refractivity contribution in [2.24, 2.45) is 0 Å². The Kier molecular flexibility index (Phi) is 5.43. The van der Waals surface area contributed by atoms with E-state index in [2.05, 4.69) is 9.97 Å². The lowest BCUT2D eigenvalue weighted by molar-refractivity contribution is -0.117. The number of aryl methyl sites for hydroxylation is 1. The molecule has 1 aliphatic heterocycles. The van der Waals surface area contributed by atoms with Gasteiger partial charge in [0.1, 0.15) is 16.8 Å². The second kappa shape index (κ2) is 8.57. The van der Waals surface area contributed by atoms with Crippen molar-refractivity contribution in [3.63, 3.8) is 0 Å². The third-order valence-electron chi connectivity index (χ3n) is 5.59. The maximum atomic E-state index is 13.8. The molecule has 0 aliphatic carbocycles. The molecule has 2 aromatic carbocycles. The summed E-state index contributed by atoms with van der Waals surface area (Å²) in [5, 5.41) is 22.0. The van der Waals surface area contributed by atoms with Gasteiger partial charge in [-0.3, -0.25) is 19.5 Å². The predicted molar refractivity (Wildman–Crippen MR) is 129 cm³/mol.